The summed E-state index contributed by atoms with van der Waals surface area (Å²) in [5.74, 6) is 0.298. The molecule has 0 aromatic carbocycles. The van der Waals surface area contributed by atoms with Gasteiger partial charge < -0.3 is 5.73 Å². The van der Waals surface area contributed by atoms with Crippen LogP contribution in [0.4, 0.5) is 0 Å². The molecule has 1 heterocycles. The second kappa shape index (κ2) is 5.31. The standard InChI is InChI=1S/C13H21NO2S2/c1-9-7-17-8-12(9)13(14)10-4-3-5-11(6-10)18(2,15)16/h7-8,10-11,13H,3-6,14H2,1-2H3. The molecule has 1 aromatic heterocycles. The summed E-state index contributed by atoms with van der Waals surface area (Å²) in [6.07, 6.45) is 4.88. The van der Waals surface area contributed by atoms with E-state index in [0.717, 1.165) is 25.7 Å². The van der Waals surface area contributed by atoms with E-state index in [1.54, 1.807) is 11.3 Å². The lowest BCUT2D eigenvalue weighted by molar-refractivity contribution is 0.308. The van der Waals surface area contributed by atoms with Gasteiger partial charge in [0.05, 0.1) is 5.25 Å². The molecule has 1 aliphatic carbocycles. The maximum absolute atomic E-state index is 11.7. The van der Waals surface area contributed by atoms with Crippen LogP contribution in [0, 0.1) is 12.8 Å². The molecule has 3 atom stereocenters. The van der Waals surface area contributed by atoms with Crippen molar-refractivity contribution in [1.29, 1.82) is 0 Å². The van der Waals surface area contributed by atoms with Gasteiger partial charge in [-0.1, -0.05) is 6.42 Å². The van der Waals surface area contributed by atoms with Gasteiger partial charge in [-0.2, -0.15) is 11.3 Å². The molecule has 2 N–H and O–H groups in total. The van der Waals surface area contributed by atoms with Crippen LogP contribution < -0.4 is 5.73 Å². The van der Waals surface area contributed by atoms with Crippen LogP contribution in [0.5, 0.6) is 0 Å². The zero-order valence-corrected chi connectivity index (χ0v) is 12.6. The SMILES string of the molecule is Cc1cscc1C(N)C1CCCC(S(C)(=O)=O)C1. The third-order valence-corrected chi connectivity index (χ3v) is 6.55. The average molecular weight is 287 g/mol. The Bertz CT molecular complexity index is 507. The number of hydrogen-bond acceptors (Lipinski definition) is 4. The molecular weight excluding hydrogens is 266 g/mol. The average Bonchev–Trinajstić information content (AvgIpc) is 2.73. The predicted octanol–water partition coefficient (Wildman–Crippen LogP) is 2.66. The Hall–Kier alpha value is -0.390. The molecule has 1 aliphatic rings. The van der Waals surface area contributed by atoms with Crippen molar-refractivity contribution in [2.75, 3.05) is 6.26 Å². The molecule has 0 bridgehead atoms. The lowest BCUT2D eigenvalue weighted by Gasteiger charge is -2.32. The first kappa shape index (κ1) is 14.0. The van der Waals surface area contributed by atoms with Crippen molar-refractivity contribution < 1.29 is 8.42 Å². The Morgan fingerprint density at radius 1 is 1.39 bits per heavy atom. The maximum atomic E-state index is 11.7. The van der Waals surface area contributed by atoms with Gasteiger partial charge >= 0.3 is 0 Å². The summed E-state index contributed by atoms with van der Waals surface area (Å²) in [6.45, 7) is 2.07. The Labute approximate surface area is 113 Å². The van der Waals surface area contributed by atoms with Crippen LogP contribution in [-0.4, -0.2) is 19.9 Å². The first-order valence-corrected chi connectivity index (χ1v) is 9.26. The molecule has 0 saturated heterocycles. The fraction of sp³-hybridized carbons (Fsp3) is 0.692. The fourth-order valence-electron chi connectivity index (χ4n) is 2.86. The van der Waals surface area contributed by atoms with Crippen molar-refractivity contribution in [2.24, 2.45) is 11.7 Å². The van der Waals surface area contributed by atoms with E-state index in [1.165, 1.54) is 17.4 Å². The Morgan fingerprint density at radius 3 is 2.67 bits per heavy atom. The van der Waals surface area contributed by atoms with E-state index in [0.29, 0.717) is 5.92 Å². The summed E-state index contributed by atoms with van der Waals surface area (Å²) in [5, 5.41) is 4.01. The van der Waals surface area contributed by atoms with Crippen LogP contribution in [0.3, 0.4) is 0 Å². The van der Waals surface area contributed by atoms with Crippen LogP contribution in [0.2, 0.25) is 0 Å². The number of rotatable bonds is 3. The van der Waals surface area contributed by atoms with Gasteiger partial charge in [-0.15, -0.1) is 0 Å². The van der Waals surface area contributed by atoms with Gasteiger partial charge in [-0.25, -0.2) is 8.42 Å². The second-order valence-corrected chi connectivity index (χ2v) is 8.48. The molecule has 5 heteroatoms. The highest BCUT2D eigenvalue weighted by atomic mass is 32.2. The summed E-state index contributed by atoms with van der Waals surface area (Å²) >= 11 is 1.67. The molecule has 1 aromatic rings. The quantitative estimate of drug-likeness (QED) is 0.929. The third-order valence-electron chi connectivity index (χ3n) is 4.03. The molecule has 102 valence electrons. The molecule has 0 radical (unpaired) electrons. The van der Waals surface area contributed by atoms with Crippen LogP contribution in [0.15, 0.2) is 10.8 Å². The highest BCUT2D eigenvalue weighted by molar-refractivity contribution is 7.91. The molecule has 3 unspecified atom stereocenters. The van der Waals surface area contributed by atoms with Gasteiger partial charge in [0.25, 0.3) is 0 Å². The normalized spacial score (nSPS) is 27.1. The smallest absolute Gasteiger partial charge is 0.150 e. The molecule has 1 saturated carbocycles. The van der Waals surface area contributed by atoms with E-state index in [4.69, 9.17) is 5.73 Å². The molecule has 0 aliphatic heterocycles. The predicted molar refractivity (Wildman–Crippen MR) is 76.6 cm³/mol. The van der Waals surface area contributed by atoms with Gasteiger partial charge in [0.1, 0.15) is 9.84 Å². The molecule has 0 spiro atoms. The fourth-order valence-corrected chi connectivity index (χ4v) is 4.95. The van der Waals surface area contributed by atoms with Crippen molar-refractivity contribution in [2.45, 2.75) is 43.9 Å². The maximum Gasteiger partial charge on any atom is 0.150 e. The summed E-state index contributed by atoms with van der Waals surface area (Å²) in [4.78, 5) is 0. The van der Waals surface area contributed by atoms with E-state index in [2.05, 4.69) is 17.7 Å². The van der Waals surface area contributed by atoms with Gasteiger partial charge in [0.15, 0.2) is 0 Å². The molecule has 0 amide bonds. The Morgan fingerprint density at radius 2 is 2.11 bits per heavy atom. The second-order valence-electron chi connectivity index (χ2n) is 5.41. The molecule has 2 rings (SSSR count). The van der Waals surface area contributed by atoms with Crippen molar-refractivity contribution in [3.8, 4) is 0 Å². The first-order valence-electron chi connectivity index (χ1n) is 6.36. The van der Waals surface area contributed by atoms with Crippen molar-refractivity contribution in [3.63, 3.8) is 0 Å². The number of hydrogen-bond donors (Lipinski definition) is 1. The molecular formula is C13H21NO2S2. The van der Waals surface area contributed by atoms with Crippen molar-refractivity contribution in [3.05, 3.63) is 21.9 Å². The minimum Gasteiger partial charge on any atom is -0.324 e. The summed E-state index contributed by atoms with van der Waals surface area (Å²) in [6, 6.07) is -0.0131. The third kappa shape index (κ3) is 2.95. The number of nitrogens with two attached hydrogens (primary N) is 1. The largest absolute Gasteiger partial charge is 0.324 e. The highest BCUT2D eigenvalue weighted by Gasteiger charge is 2.32. The van der Waals surface area contributed by atoms with Gasteiger partial charge in [0, 0.05) is 12.3 Å². The van der Waals surface area contributed by atoms with Gasteiger partial charge in [0.2, 0.25) is 0 Å². The van der Waals surface area contributed by atoms with E-state index in [-0.39, 0.29) is 11.3 Å². The van der Waals surface area contributed by atoms with Crippen LogP contribution in [0.25, 0.3) is 0 Å². The zero-order chi connectivity index (χ0) is 13.3. The van der Waals surface area contributed by atoms with Crippen LogP contribution >= 0.6 is 11.3 Å². The number of sulfone groups is 1. The summed E-state index contributed by atoms with van der Waals surface area (Å²) < 4.78 is 23.3. The number of aryl methyl sites for hydroxylation is 1. The van der Waals surface area contributed by atoms with Gasteiger partial charge in [-0.05, 0) is 54.0 Å². The topological polar surface area (TPSA) is 60.2 Å². The summed E-state index contributed by atoms with van der Waals surface area (Å²) in [5.41, 5.74) is 8.76. The number of thiophene rings is 1. The lowest BCUT2D eigenvalue weighted by Crippen LogP contribution is -2.33. The van der Waals surface area contributed by atoms with Crippen molar-refractivity contribution >= 4 is 21.2 Å². The van der Waals surface area contributed by atoms with Crippen LogP contribution in [0.1, 0.15) is 42.9 Å². The van der Waals surface area contributed by atoms with E-state index >= 15 is 0 Å². The minimum absolute atomic E-state index is 0.0131. The molecule has 18 heavy (non-hydrogen) atoms. The Kier molecular flexibility index (Phi) is 4.14. The summed E-state index contributed by atoms with van der Waals surface area (Å²) in [7, 11) is -2.92. The van der Waals surface area contributed by atoms with Gasteiger partial charge in [-0.3, -0.25) is 0 Å². The van der Waals surface area contributed by atoms with Crippen LogP contribution in [-0.2, 0) is 9.84 Å². The Balaban J connectivity index is 2.12. The van der Waals surface area contributed by atoms with Crippen molar-refractivity contribution in [1.82, 2.24) is 0 Å². The monoisotopic (exact) mass is 287 g/mol. The highest BCUT2D eigenvalue weighted by Crippen LogP contribution is 2.37. The van der Waals surface area contributed by atoms with E-state index < -0.39 is 9.84 Å². The van der Waals surface area contributed by atoms with E-state index in [9.17, 15) is 8.42 Å². The minimum atomic E-state index is -2.92. The first-order chi connectivity index (χ1) is 8.39. The lowest BCUT2D eigenvalue weighted by atomic mass is 9.81. The molecule has 1 fully saturated rings. The zero-order valence-electron chi connectivity index (χ0n) is 10.9. The van der Waals surface area contributed by atoms with E-state index in [1.807, 2.05) is 0 Å². The molecule has 3 nitrogen and oxygen atoms in total.